The van der Waals surface area contributed by atoms with Crippen LogP contribution in [0.1, 0.15) is 91.3 Å². The summed E-state index contributed by atoms with van der Waals surface area (Å²) >= 11 is 0. The molecule has 0 aliphatic carbocycles. The second kappa shape index (κ2) is 18.7. The second-order valence-corrected chi connectivity index (χ2v) is 10.2. The zero-order valence-corrected chi connectivity index (χ0v) is 23.7. The average Bonchev–Trinajstić information content (AvgIpc) is 2.99. The first-order valence-corrected chi connectivity index (χ1v) is 14.6. The van der Waals surface area contributed by atoms with Crippen LogP contribution in [0.25, 0.3) is 12.2 Å². The maximum absolute atomic E-state index is 13.0. The molecule has 0 atom stereocenters. The Bertz CT molecular complexity index is 1150. The van der Waals surface area contributed by atoms with Crippen LogP contribution < -0.4 is 4.74 Å². The molecule has 3 nitrogen and oxygen atoms in total. The highest BCUT2D eigenvalue weighted by molar-refractivity contribution is 6.06. The van der Waals surface area contributed by atoms with Crippen molar-refractivity contribution in [1.29, 1.82) is 0 Å². The van der Waals surface area contributed by atoms with Crippen LogP contribution in [0, 0.1) is 5.82 Å². The molecule has 0 bridgehead atoms. The summed E-state index contributed by atoms with van der Waals surface area (Å²) < 4.78 is 24.7. The van der Waals surface area contributed by atoms with E-state index < -0.39 is 0 Å². The Morgan fingerprint density at radius 3 is 1.82 bits per heavy atom. The van der Waals surface area contributed by atoms with Gasteiger partial charge in [0.25, 0.3) is 0 Å². The lowest BCUT2D eigenvalue weighted by atomic mass is 10.1. The highest BCUT2D eigenvalue weighted by Crippen LogP contribution is 2.16. The Balaban J connectivity index is 1.11. The van der Waals surface area contributed by atoms with E-state index >= 15 is 0 Å². The zero-order chi connectivity index (χ0) is 28.3. The topological polar surface area (TPSA) is 35.5 Å². The standard InChI is InChI=1S/C36H43FO3/c1-2-30-13-15-32(16-14-30)29-39-27-11-9-7-5-3-4-6-8-10-12-28-40-35-24-17-31(18-25-35)19-26-36(38)33-20-22-34(37)23-21-33/h2,13-26H,1,3-12,27-29H2/b26-19+. The molecule has 0 amide bonds. The van der Waals surface area contributed by atoms with Crippen molar-refractivity contribution in [3.63, 3.8) is 0 Å². The largest absolute Gasteiger partial charge is 0.494 e. The molecule has 0 heterocycles. The Labute approximate surface area is 239 Å². The summed E-state index contributed by atoms with van der Waals surface area (Å²) in [6.07, 6.45) is 17.6. The Morgan fingerprint density at radius 2 is 1.23 bits per heavy atom. The maximum atomic E-state index is 13.0. The minimum Gasteiger partial charge on any atom is -0.494 e. The molecule has 0 unspecified atom stereocenters. The summed E-state index contributed by atoms with van der Waals surface area (Å²) in [5, 5.41) is 0. The van der Waals surface area contributed by atoms with Crippen LogP contribution >= 0.6 is 0 Å². The zero-order valence-electron chi connectivity index (χ0n) is 23.7. The number of ether oxygens (including phenoxy) is 2. The molecule has 0 aromatic heterocycles. The Morgan fingerprint density at radius 1 is 0.675 bits per heavy atom. The lowest BCUT2D eigenvalue weighted by Crippen LogP contribution is -1.97. The van der Waals surface area contributed by atoms with Gasteiger partial charge in [0.1, 0.15) is 11.6 Å². The fourth-order valence-corrected chi connectivity index (χ4v) is 4.41. The number of allylic oxidation sites excluding steroid dienone is 1. The van der Waals surface area contributed by atoms with Crippen molar-refractivity contribution < 1.29 is 18.7 Å². The smallest absolute Gasteiger partial charge is 0.185 e. The highest BCUT2D eigenvalue weighted by atomic mass is 19.1. The molecule has 0 aliphatic heterocycles. The van der Waals surface area contributed by atoms with Gasteiger partial charge in [-0.3, -0.25) is 4.79 Å². The maximum Gasteiger partial charge on any atom is 0.185 e. The van der Waals surface area contributed by atoms with Gasteiger partial charge in [-0.25, -0.2) is 4.39 Å². The third kappa shape index (κ3) is 12.6. The first-order chi connectivity index (χ1) is 19.6. The minimum absolute atomic E-state index is 0.149. The molecule has 0 fully saturated rings. The van der Waals surface area contributed by atoms with E-state index in [0.29, 0.717) is 12.2 Å². The molecule has 4 heteroatoms. The van der Waals surface area contributed by atoms with E-state index in [4.69, 9.17) is 9.47 Å². The van der Waals surface area contributed by atoms with E-state index in [2.05, 4.69) is 30.8 Å². The van der Waals surface area contributed by atoms with Crippen LogP contribution in [0.4, 0.5) is 4.39 Å². The molecular weight excluding hydrogens is 499 g/mol. The summed E-state index contributed by atoms with van der Waals surface area (Å²) in [6.45, 7) is 6.03. The first kappa shape index (κ1) is 31.0. The summed E-state index contributed by atoms with van der Waals surface area (Å²) in [4.78, 5) is 12.2. The number of hydrogen-bond donors (Lipinski definition) is 0. The third-order valence-corrected chi connectivity index (χ3v) is 6.87. The number of halogens is 1. The molecule has 3 aromatic rings. The van der Waals surface area contributed by atoms with Crippen molar-refractivity contribution in [2.45, 2.75) is 70.8 Å². The van der Waals surface area contributed by atoms with Gasteiger partial charge in [0.2, 0.25) is 0 Å². The molecule has 212 valence electrons. The summed E-state index contributed by atoms with van der Waals surface area (Å²) in [6, 6.07) is 21.6. The fourth-order valence-electron chi connectivity index (χ4n) is 4.41. The van der Waals surface area contributed by atoms with Crippen molar-refractivity contribution >= 4 is 17.9 Å². The molecule has 0 radical (unpaired) electrons. The van der Waals surface area contributed by atoms with Crippen molar-refractivity contribution in [3.05, 3.63) is 114 Å². The monoisotopic (exact) mass is 542 g/mol. The number of carbonyl (C=O) groups is 1. The van der Waals surface area contributed by atoms with Crippen LogP contribution in [0.5, 0.6) is 5.75 Å². The van der Waals surface area contributed by atoms with Crippen molar-refractivity contribution in [2.75, 3.05) is 13.2 Å². The van der Waals surface area contributed by atoms with E-state index in [1.54, 1.807) is 6.08 Å². The van der Waals surface area contributed by atoms with Crippen molar-refractivity contribution in [3.8, 4) is 5.75 Å². The van der Waals surface area contributed by atoms with Gasteiger partial charge in [-0.2, -0.15) is 0 Å². The lowest BCUT2D eigenvalue weighted by Gasteiger charge is -2.07. The summed E-state index contributed by atoms with van der Waals surface area (Å²) in [5.74, 6) is 0.344. The normalized spacial score (nSPS) is 11.1. The molecule has 0 saturated carbocycles. The van der Waals surface area contributed by atoms with Gasteiger partial charge in [-0.1, -0.05) is 106 Å². The minimum atomic E-state index is -0.349. The van der Waals surface area contributed by atoms with Crippen molar-refractivity contribution in [2.24, 2.45) is 0 Å². The molecule has 0 aliphatic rings. The van der Waals surface area contributed by atoms with Gasteiger partial charge in [0.15, 0.2) is 5.78 Å². The third-order valence-electron chi connectivity index (χ3n) is 6.87. The van der Waals surface area contributed by atoms with E-state index in [0.717, 1.165) is 42.9 Å². The second-order valence-electron chi connectivity index (χ2n) is 10.2. The predicted molar refractivity (Wildman–Crippen MR) is 164 cm³/mol. The Kier molecular flexibility index (Phi) is 14.5. The van der Waals surface area contributed by atoms with E-state index in [9.17, 15) is 9.18 Å². The summed E-state index contributed by atoms with van der Waals surface area (Å²) in [5.41, 5.74) is 3.75. The molecule has 40 heavy (non-hydrogen) atoms. The van der Waals surface area contributed by atoms with Crippen LogP contribution in [0.2, 0.25) is 0 Å². The first-order valence-electron chi connectivity index (χ1n) is 14.6. The van der Waals surface area contributed by atoms with E-state index in [1.807, 2.05) is 30.3 Å². The molecule has 0 N–H and O–H groups in total. The molecular formula is C36H43FO3. The van der Waals surface area contributed by atoms with Crippen LogP contribution in [-0.2, 0) is 11.3 Å². The van der Waals surface area contributed by atoms with E-state index in [1.165, 1.54) is 87.3 Å². The van der Waals surface area contributed by atoms with Crippen LogP contribution in [0.3, 0.4) is 0 Å². The van der Waals surface area contributed by atoms with Gasteiger partial charge in [0, 0.05) is 12.2 Å². The Hall–Kier alpha value is -3.50. The SMILES string of the molecule is C=Cc1ccc(COCCCCCCCCCCCCOc2ccc(/C=C/C(=O)c3ccc(F)cc3)cc2)cc1. The highest BCUT2D eigenvalue weighted by Gasteiger charge is 2.02. The lowest BCUT2D eigenvalue weighted by molar-refractivity contribution is 0.104. The number of hydrogen-bond acceptors (Lipinski definition) is 3. The van der Waals surface area contributed by atoms with Crippen molar-refractivity contribution in [1.82, 2.24) is 0 Å². The molecule has 0 spiro atoms. The molecule has 0 saturated heterocycles. The number of unbranched alkanes of at least 4 members (excludes halogenated alkanes) is 9. The van der Waals surface area contributed by atoms with Crippen LogP contribution in [0.15, 0.2) is 85.5 Å². The summed E-state index contributed by atoms with van der Waals surface area (Å²) in [7, 11) is 0. The predicted octanol–water partition coefficient (Wildman–Crippen LogP) is 9.86. The average molecular weight is 543 g/mol. The quantitative estimate of drug-likeness (QED) is 0.0810. The number of benzene rings is 3. The van der Waals surface area contributed by atoms with Gasteiger partial charge in [0.05, 0.1) is 13.2 Å². The molecule has 3 rings (SSSR count). The number of carbonyl (C=O) groups excluding carboxylic acids is 1. The van der Waals surface area contributed by atoms with E-state index in [-0.39, 0.29) is 11.6 Å². The van der Waals surface area contributed by atoms with Gasteiger partial charge in [-0.05, 0) is 72.0 Å². The van der Waals surface area contributed by atoms with Gasteiger partial charge >= 0.3 is 0 Å². The molecule has 3 aromatic carbocycles. The van der Waals surface area contributed by atoms with Crippen LogP contribution in [-0.4, -0.2) is 19.0 Å². The number of rotatable bonds is 20. The van der Waals surface area contributed by atoms with Gasteiger partial charge < -0.3 is 9.47 Å². The van der Waals surface area contributed by atoms with Gasteiger partial charge in [-0.15, -0.1) is 0 Å². The fraction of sp³-hybridized carbons (Fsp3) is 0.361. The number of ketones is 1.